The Morgan fingerprint density at radius 3 is 3.13 bits per heavy atom. The summed E-state index contributed by atoms with van der Waals surface area (Å²) in [4.78, 5) is 11.5. The largest absolute Gasteiger partial charge is 0.473 e. The van der Waals surface area contributed by atoms with Crippen LogP contribution in [-0.2, 0) is 14.3 Å². The maximum Gasteiger partial charge on any atom is 0.313 e. The summed E-state index contributed by atoms with van der Waals surface area (Å²) in [5, 5.41) is 9.69. The second-order valence-electron chi connectivity index (χ2n) is 3.83. The van der Waals surface area contributed by atoms with Crippen LogP contribution in [0.15, 0.2) is 24.2 Å². The van der Waals surface area contributed by atoms with Crippen molar-refractivity contribution in [3.63, 3.8) is 0 Å². The van der Waals surface area contributed by atoms with Gasteiger partial charge in [0.25, 0.3) is 0 Å². The van der Waals surface area contributed by atoms with Crippen LogP contribution in [0.2, 0.25) is 0 Å². The van der Waals surface area contributed by atoms with Crippen molar-refractivity contribution < 1.29 is 19.4 Å². The van der Waals surface area contributed by atoms with Crippen LogP contribution in [0.3, 0.4) is 0 Å². The summed E-state index contributed by atoms with van der Waals surface area (Å²) in [7, 11) is 1.37. The van der Waals surface area contributed by atoms with Gasteiger partial charge in [-0.15, -0.1) is 0 Å². The Hall–Kier alpha value is -1.29. The molecule has 1 N–H and O–H groups in total. The molecule has 0 aromatic rings. The monoisotopic (exact) mass is 210 g/mol. The number of hydrogen-bond donors (Lipinski definition) is 1. The first-order valence-electron chi connectivity index (χ1n) is 5.02. The minimum atomic E-state index is -0.484. The fraction of sp³-hybridized carbons (Fsp3) is 0.545. The molecule has 4 heteroatoms. The lowest BCUT2D eigenvalue weighted by Gasteiger charge is -2.17. The molecule has 0 bridgehead atoms. The molecule has 1 saturated carbocycles. The fourth-order valence-corrected chi connectivity index (χ4v) is 2.23. The van der Waals surface area contributed by atoms with Crippen LogP contribution >= 0.6 is 0 Å². The summed E-state index contributed by atoms with van der Waals surface area (Å²) in [5.74, 6) is -0.589. The molecule has 1 fully saturated rings. The maximum atomic E-state index is 11.5. The Balaban J connectivity index is 2.25. The minimum Gasteiger partial charge on any atom is -0.473 e. The fourth-order valence-electron chi connectivity index (χ4n) is 2.23. The van der Waals surface area contributed by atoms with Crippen molar-refractivity contribution in [1.29, 1.82) is 0 Å². The molecular weight excluding hydrogens is 196 g/mol. The molecule has 2 aliphatic rings. The zero-order valence-electron chi connectivity index (χ0n) is 8.55. The van der Waals surface area contributed by atoms with Crippen molar-refractivity contribution in [3.8, 4) is 0 Å². The van der Waals surface area contributed by atoms with E-state index >= 15 is 0 Å². The first kappa shape index (κ1) is 10.2. The Morgan fingerprint density at radius 2 is 2.40 bits per heavy atom. The number of fused-ring (bicyclic) bond motifs is 1. The van der Waals surface area contributed by atoms with E-state index in [1.165, 1.54) is 13.4 Å². The Morgan fingerprint density at radius 1 is 1.60 bits per heavy atom. The Kier molecular flexibility index (Phi) is 2.77. The predicted molar refractivity (Wildman–Crippen MR) is 52.5 cm³/mol. The molecule has 0 amide bonds. The highest BCUT2D eigenvalue weighted by Gasteiger charge is 2.38. The molecule has 4 nitrogen and oxygen atoms in total. The molecule has 3 atom stereocenters. The van der Waals surface area contributed by atoms with Gasteiger partial charge in [0.2, 0.25) is 0 Å². The third-order valence-electron chi connectivity index (χ3n) is 3.04. The molecule has 0 unspecified atom stereocenters. The average molecular weight is 210 g/mol. The molecule has 0 aromatic heterocycles. The van der Waals surface area contributed by atoms with Gasteiger partial charge in [-0.2, -0.15) is 0 Å². The van der Waals surface area contributed by atoms with Crippen molar-refractivity contribution in [1.82, 2.24) is 0 Å². The van der Waals surface area contributed by atoms with Crippen molar-refractivity contribution in [2.45, 2.75) is 18.9 Å². The zero-order valence-corrected chi connectivity index (χ0v) is 8.55. The van der Waals surface area contributed by atoms with E-state index in [1.54, 1.807) is 12.3 Å². The van der Waals surface area contributed by atoms with Gasteiger partial charge < -0.3 is 14.6 Å². The average Bonchev–Trinajstić information content (AvgIpc) is 2.51. The van der Waals surface area contributed by atoms with Crippen molar-refractivity contribution in [2.75, 3.05) is 7.11 Å². The number of carbonyl (C=O) groups is 1. The molecule has 1 heterocycles. The molecule has 0 spiro atoms. The SMILES string of the molecule is COC(=O)[C@@H]1C=COC=C2[C@H](O)CC[C@H]21. The normalized spacial score (nSPS) is 33.7. The summed E-state index contributed by atoms with van der Waals surface area (Å²) < 4.78 is 9.83. The maximum absolute atomic E-state index is 11.5. The molecule has 2 rings (SSSR count). The summed E-state index contributed by atoms with van der Waals surface area (Å²) in [6, 6.07) is 0. The summed E-state index contributed by atoms with van der Waals surface area (Å²) in [6.45, 7) is 0. The molecule has 0 radical (unpaired) electrons. The van der Waals surface area contributed by atoms with E-state index in [0.717, 1.165) is 12.0 Å². The molecule has 82 valence electrons. The van der Waals surface area contributed by atoms with Crippen molar-refractivity contribution in [2.24, 2.45) is 11.8 Å². The van der Waals surface area contributed by atoms with Crippen LogP contribution in [0.25, 0.3) is 0 Å². The van der Waals surface area contributed by atoms with E-state index in [1.807, 2.05) is 0 Å². The minimum absolute atomic E-state index is 0.0196. The number of esters is 1. The number of rotatable bonds is 1. The Labute approximate surface area is 88.2 Å². The van der Waals surface area contributed by atoms with E-state index in [-0.39, 0.29) is 17.8 Å². The second kappa shape index (κ2) is 4.06. The molecule has 1 aliphatic carbocycles. The highest BCUT2D eigenvalue weighted by atomic mass is 16.5. The highest BCUT2D eigenvalue weighted by Crippen LogP contribution is 2.39. The van der Waals surface area contributed by atoms with E-state index in [4.69, 9.17) is 9.47 Å². The number of methoxy groups -OCH3 is 1. The van der Waals surface area contributed by atoms with Gasteiger partial charge in [-0.25, -0.2) is 0 Å². The van der Waals surface area contributed by atoms with Gasteiger partial charge in [-0.05, 0) is 24.5 Å². The molecule has 15 heavy (non-hydrogen) atoms. The van der Waals surface area contributed by atoms with Gasteiger partial charge in [0.1, 0.15) is 0 Å². The second-order valence-corrected chi connectivity index (χ2v) is 3.83. The quantitative estimate of drug-likeness (QED) is 0.655. The molecular formula is C11H14O4. The Bertz CT molecular complexity index is 319. The number of aliphatic hydroxyl groups excluding tert-OH is 1. The van der Waals surface area contributed by atoms with Crippen LogP contribution in [-0.4, -0.2) is 24.3 Å². The number of ether oxygens (including phenoxy) is 2. The van der Waals surface area contributed by atoms with Gasteiger partial charge in [0.15, 0.2) is 0 Å². The van der Waals surface area contributed by atoms with E-state index in [2.05, 4.69) is 0 Å². The van der Waals surface area contributed by atoms with E-state index in [9.17, 15) is 9.90 Å². The standard InChI is InChI=1S/C11H14O4/c1-14-11(13)8-4-5-15-6-9-7(8)2-3-10(9)12/h4-8,10,12H,2-3H2,1H3/t7-,8+,10+/m0/s1. The molecule has 0 aromatic carbocycles. The predicted octanol–water partition coefficient (Wildman–Crippen LogP) is 0.974. The van der Waals surface area contributed by atoms with Gasteiger partial charge in [0, 0.05) is 5.92 Å². The lowest BCUT2D eigenvalue weighted by atomic mass is 9.88. The number of hydrogen-bond acceptors (Lipinski definition) is 4. The zero-order chi connectivity index (χ0) is 10.8. The lowest BCUT2D eigenvalue weighted by Crippen LogP contribution is -2.23. The molecule has 1 aliphatic heterocycles. The van der Waals surface area contributed by atoms with Crippen LogP contribution in [0.1, 0.15) is 12.8 Å². The highest BCUT2D eigenvalue weighted by molar-refractivity contribution is 5.75. The van der Waals surface area contributed by atoms with Crippen LogP contribution in [0.5, 0.6) is 0 Å². The first-order valence-corrected chi connectivity index (χ1v) is 5.02. The van der Waals surface area contributed by atoms with Crippen molar-refractivity contribution in [3.05, 3.63) is 24.2 Å². The summed E-state index contributed by atoms with van der Waals surface area (Å²) in [6.07, 6.45) is 5.70. The van der Waals surface area contributed by atoms with E-state index in [0.29, 0.717) is 6.42 Å². The van der Waals surface area contributed by atoms with Gasteiger partial charge >= 0.3 is 5.97 Å². The van der Waals surface area contributed by atoms with Gasteiger partial charge in [0.05, 0.1) is 31.7 Å². The van der Waals surface area contributed by atoms with Crippen molar-refractivity contribution >= 4 is 5.97 Å². The first-order chi connectivity index (χ1) is 7.24. The smallest absolute Gasteiger partial charge is 0.313 e. The van der Waals surface area contributed by atoms with E-state index < -0.39 is 6.10 Å². The van der Waals surface area contributed by atoms with Gasteiger partial charge in [-0.3, -0.25) is 4.79 Å². The number of aliphatic hydroxyl groups is 1. The van der Waals surface area contributed by atoms with Crippen LogP contribution in [0.4, 0.5) is 0 Å². The molecule has 0 saturated heterocycles. The number of carbonyl (C=O) groups excluding carboxylic acids is 1. The lowest BCUT2D eigenvalue weighted by molar-refractivity contribution is -0.144. The topological polar surface area (TPSA) is 55.8 Å². The third-order valence-corrected chi connectivity index (χ3v) is 3.04. The van der Waals surface area contributed by atoms with Gasteiger partial charge in [-0.1, -0.05) is 0 Å². The summed E-state index contributed by atoms with van der Waals surface area (Å²) in [5.41, 5.74) is 0.801. The third kappa shape index (κ3) is 1.77. The van der Waals surface area contributed by atoms with Crippen LogP contribution < -0.4 is 0 Å². The summed E-state index contributed by atoms with van der Waals surface area (Å²) >= 11 is 0. The van der Waals surface area contributed by atoms with Crippen LogP contribution in [0, 0.1) is 11.8 Å².